The molecule has 1 N–H and O–H groups in total. The average molecular weight is 197 g/mol. The zero-order valence-electron chi connectivity index (χ0n) is 9.28. The average Bonchev–Trinajstić information content (AvgIpc) is 2.19. The van der Waals surface area contributed by atoms with E-state index in [9.17, 15) is 5.11 Å². The van der Waals surface area contributed by atoms with Crippen LogP contribution in [-0.2, 0) is 0 Å². The van der Waals surface area contributed by atoms with E-state index in [1.165, 1.54) is 38.6 Å². The predicted octanol–water partition coefficient (Wildman–Crippen LogP) is 2.02. The van der Waals surface area contributed by atoms with Gasteiger partial charge in [-0.3, -0.25) is 4.90 Å². The van der Waals surface area contributed by atoms with E-state index >= 15 is 0 Å². The standard InChI is InChI=1S/C12H23NO/c1-10-4-6-11(7-5-10)13-8-2-3-12(14)9-13/h10-12,14H,2-9H2,1H3. The molecule has 2 fully saturated rings. The van der Waals surface area contributed by atoms with E-state index in [1.54, 1.807) is 0 Å². The van der Waals surface area contributed by atoms with Crippen LogP contribution in [0.25, 0.3) is 0 Å². The van der Waals surface area contributed by atoms with E-state index in [0.717, 1.165) is 24.9 Å². The molecular formula is C12H23NO. The van der Waals surface area contributed by atoms with Gasteiger partial charge < -0.3 is 5.11 Å². The lowest BCUT2D eigenvalue weighted by Gasteiger charge is -2.39. The molecule has 1 saturated carbocycles. The zero-order valence-corrected chi connectivity index (χ0v) is 9.28. The van der Waals surface area contributed by atoms with Crippen molar-refractivity contribution in [3.63, 3.8) is 0 Å². The first-order valence-corrected chi connectivity index (χ1v) is 6.18. The Balaban J connectivity index is 1.82. The second-order valence-corrected chi connectivity index (χ2v) is 5.20. The first-order chi connectivity index (χ1) is 6.75. The van der Waals surface area contributed by atoms with E-state index in [-0.39, 0.29) is 6.10 Å². The number of aliphatic hydroxyl groups is 1. The molecule has 0 bridgehead atoms. The fraction of sp³-hybridized carbons (Fsp3) is 1.00. The van der Waals surface area contributed by atoms with Crippen LogP contribution in [0.2, 0.25) is 0 Å². The Kier molecular flexibility index (Phi) is 3.45. The second kappa shape index (κ2) is 4.63. The first-order valence-electron chi connectivity index (χ1n) is 6.18. The molecule has 0 amide bonds. The molecule has 2 rings (SSSR count). The highest BCUT2D eigenvalue weighted by Gasteiger charge is 2.27. The van der Waals surface area contributed by atoms with Crippen LogP contribution in [0.1, 0.15) is 45.4 Å². The molecule has 1 unspecified atom stereocenters. The third kappa shape index (κ3) is 2.48. The Bertz CT molecular complexity index is 175. The maximum absolute atomic E-state index is 9.62. The van der Waals surface area contributed by atoms with E-state index < -0.39 is 0 Å². The molecule has 14 heavy (non-hydrogen) atoms. The lowest BCUT2D eigenvalue weighted by Crippen LogP contribution is -2.45. The molecule has 1 heterocycles. The van der Waals surface area contributed by atoms with Gasteiger partial charge in [0.15, 0.2) is 0 Å². The molecule has 1 atom stereocenters. The van der Waals surface area contributed by atoms with Crippen LogP contribution >= 0.6 is 0 Å². The lowest BCUT2D eigenvalue weighted by atomic mass is 9.86. The van der Waals surface area contributed by atoms with Crippen LogP contribution < -0.4 is 0 Å². The molecule has 2 heteroatoms. The van der Waals surface area contributed by atoms with Crippen molar-refractivity contribution in [2.24, 2.45) is 5.92 Å². The number of piperidine rings is 1. The van der Waals surface area contributed by atoms with Crippen molar-refractivity contribution >= 4 is 0 Å². The smallest absolute Gasteiger partial charge is 0.0667 e. The van der Waals surface area contributed by atoms with Gasteiger partial charge in [0.05, 0.1) is 6.10 Å². The topological polar surface area (TPSA) is 23.5 Å². The van der Waals surface area contributed by atoms with Crippen LogP contribution in [-0.4, -0.2) is 35.2 Å². The molecule has 1 aliphatic carbocycles. The molecule has 2 nitrogen and oxygen atoms in total. The van der Waals surface area contributed by atoms with Crippen molar-refractivity contribution in [1.82, 2.24) is 4.90 Å². The minimum absolute atomic E-state index is 0.0527. The van der Waals surface area contributed by atoms with E-state index in [4.69, 9.17) is 0 Å². The summed E-state index contributed by atoms with van der Waals surface area (Å²) in [6.45, 7) is 4.51. The van der Waals surface area contributed by atoms with Crippen molar-refractivity contribution in [2.45, 2.75) is 57.6 Å². The van der Waals surface area contributed by atoms with Crippen LogP contribution in [0.3, 0.4) is 0 Å². The second-order valence-electron chi connectivity index (χ2n) is 5.20. The Morgan fingerprint density at radius 1 is 1.07 bits per heavy atom. The normalized spacial score (nSPS) is 41.1. The first kappa shape index (κ1) is 10.4. The summed E-state index contributed by atoms with van der Waals surface area (Å²) < 4.78 is 0. The molecule has 0 aromatic heterocycles. The predicted molar refractivity (Wildman–Crippen MR) is 58.2 cm³/mol. The summed E-state index contributed by atoms with van der Waals surface area (Å²) in [7, 11) is 0. The molecule has 1 aliphatic heterocycles. The molecule has 0 aromatic rings. The van der Waals surface area contributed by atoms with Crippen molar-refractivity contribution < 1.29 is 5.11 Å². The fourth-order valence-corrected chi connectivity index (χ4v) is 2.92. The summed E-state index contributed by atoms with van der Waals surface area (Å²) in [6.07, 6.45) is 7.63. The zero-order chi connectivity index (χ0) is 9.97. The summed E-state index contributed by atoms with van der Waals surface area (Å²) in [5, 5.41) is 9.62. The molecular weight excluding hydrogens is 174 g/mol. The van der Waals surface area contributed by atoms with Crippen molar-refractivity contribution in [2.75, 3.05) is 13.1 Å². The number of hydrogen-bond acceptors (Lipinski definition) is 2. The van der Waals surface area contributed by atoms with E-state index in [2.05, 4.69) is 11.8 Å². The van der Waals surface area contributed by atoms with Gasteiger partial charge in [-0.2, -0.15) is 0 Å². The minimum atomic E-state index is -0.0527. The van der Waals surface area contributed by atoms with Gasteiger partial charge >= 0.3 is 0 Å². The number of aliphatic hydroxyl groups excluding tert-OH is 1. The third-order valence-electron chi connectivity index (χ3n) is 3.93. The highest BCUT2D eigenvalue weighted by atomic mass is 16.3. The van der Waals surface area contributed by atoms with Crippen molar-refractivity contribution in [3.05, 3.63) is 0 Å². The Morgan fingerprint density at radius 2 is 1.79 bits per heavy atom. The molecule has 1 saturated heterocycles. The molecule has 2 aliphatic rings. The number of β-amino-alcohol motifs (C(OH)–C–C–N with tert-alkyl or cyclic N) is 1. The third-order valence-corrected chi connectivity index (χ3v) is 3.93. The van der Waals surface area contributed by atoms with E-state index in [0.29, 0.717) is 0 Å². The largest absolute Gasteiger partial charge is 0.392 e. The van der Waals surface area contributed by atoms with Gasteiger partial charge in [0.25, 0.3) is 0 Å². The van der Waals surface area contributed by atoms with Crippen LogP contribution in [0.15, 0.2) is 0 Å². The highest BCUT2D eigenvalue weighted by molar-refractivity contribution is 4.82. The van der Waals surface area contributed by atoms with E-state index in [1.807, 2.05) is 0 Å². The summed E-state index contributed by atoms with van der Waals surface area (Å²) in [5.41, 5.74) is 0. The highest BCUT2D eigenvalue weighted by Crippen LogP contribution is 2.28. The van der Waals surface area contributed by atoms with Gasteiger partial charge in [-0.05, 0) is 51.0 Å². The number of nitrogens with zero attached hydrogens (tertiary/aromatic N) is 1. The Hall–Kier alpha value is -0.0800. The molecule has 0 aromatic carbocycles. The number of hydrogen-bond donors (Lipinski definition) is 1. The summed E-state index contributed by atoms with van der Waals surface area (Å²) in [4.78, 5) is 2.53. The van der Waals surface area contributed by atoms with Gasteiger partial charge in [-0.15, -0.1) is 0 Å². The number of likely N-dealkylation sites (tertiary alicyclic amines) is 1. The summed E-state index contributed by atoms with van der Waals surface area (Å²) in [5.74, 6) is 0.931. The maximum atomic E-state index is 9.62. The monoisotopic (exact) mass is 197 g/mol. The molecule has 0 radical (unpaired) electrons. The fourth-order valence-electron chi connectivity index (χ4n) is 2.92. The van der Waals surface area contributed by atoms with Gasteiger partial charge in [-0.25, -0.2) is 0 Å². The van der Waals surface area contributed by atoms with Crippen LogP contribution in [0.4, 0.5) is 0 Å². The van der Waals surface area contributed by atoms with Crippen molar-refractivity contribution in [3.8, 4) is 0 Å². The van der Waals surface area contributed by atoms with Gasteiger partial charge in [0.2, 0.25) is 0 Å². The SMILES string of the molecule is CC1CCC(N2CCCC(O)C2)CC1. The maximum Gasteiger partial charge on any atom is 0.0667 e. The van der Waals surface area contributed by atoms with Crippen molar-refractivity contribution in [1.29, 1.82) is 0 Å². The van der Waals surface area contributed by atoms with Gasteiger partial charge in [0.1, 0.15) is 0 Å². The summed E-state index contributed by atoms with van der Waals surface area (Å²) >= 11 is 0. The minimum Gasteiger partial charge on any atom is -0.392 e. The van der Waals surface area contributed by atoms with Crippen LogP contribution in [0.5, 0.6) is 0 Å². The molecule has 0 spiro atoms. The quantitative estimate of drug-likeness (QED) is 0.695. The molecule has 82 valence electrons. The van der Waals surface area contributed by atoms with Gasteiger partial charge in [0, 0.05) is 12.6 Å². The lowest BCUT2D eigenvalue weighted by molar-refractivity contribution is 0.0322. The van der Waals surface area contributed by atoms with Gasteiger partial charge in [-0.1, -0.05) is 6.92 Å². The summed E-state index contributed by atoms with van der Waals surface area (Å²) in [6, 6.07) is 0.779. The van der Waals surface area contributed by atoms with Crippen LogP contribution in [0, 0.1) is 5.92 Å². The Morgan fingerprint density at radius 3 is 2.43 bits per heavy atom. The number of rotatable bonds is 1. The Labute approximate surface area is 87.3 Å².